The molecule has 1 aromatic heterocycles. The van der Waals surface area contributed by atoms with Crippen LogP contribution in [0.5, 0.6) is 0 Å². The van der Waals surface area contributed by atoms with Gasteiger partial charge < -0.3 is 0 Å². The van der Waals surface area contributed by atoms with Crippen LogP contribution in [0.4, 0.5) is 5.69 Å². The molecule has 0 radical (unpaired) electrons. The van der Waals surface area contributed by atoms with Crippen molar-refractivity contribution in [3.05, 3.63) is 58.3 Å². The van der Waals surface area contributed by atoms with Crippen LogP contribution < -0.4 is 0 Å². The highest BCUT2D eigenvalue weighted by atomic mass is 16.6. The number of aromatic nitrogens is 1. The maximum atomic E-state index is 10.6. The number of hydrogen-bond acceptors (Lipinski definition) is 3. The second-order valence-electron chi connectivity index (χ2n) is 5.17. The van der Waals surface area contributed by atoms with Crippen LogP contribution in [0.2, 0.25) is 0 Å². The van der Waals surface area contributed by atoms with Crippen molar-refractivity contribution in [2.45, 2.75) is 39.0 Å². The van der Waals surface area contributed by atoms with Crippen LogP contribution in [0.3, 0.4) is 0 Å². The Bertz CT molecular complexity index is 577. The van der Waals surface area contributed by atoms with E-state index in [0.717, 1.165) is 17.7 Å². The fourth-order valence-electron chi connectivity index (χ4n) is 2.25. The van der Waals surface area contributed by atoms with Crippen LogP contribution in [0.15, 0.2) is 42.6 Å². The summed E-state index contributed by atoms with van der Waals surface area (Å²) in [5.41, 5.74) is 3.10. The zero-order valence-corrected chi connectivity index (χ0v) is 12.3. The molecular formula is C17H20N2O2. The summed E-state index contributed by atoms with van der Waals surface area (Å²) in [5, 5.41) is 10.6. The summed E-state index contributed by atoms with van der Waals surface area (Å²) in [7, 11) is 0. The number of nitro groups is 1. The number of pyridine rings is 1. The van der Waals surface area contributed by atoms with E-state index >= 15 is 0 Å². The minimum absolute atomic E-state index is 0.103. The minimum atomic E-state index is -0.392. The third kappa shape index (κ3) is 4.38. The zero-order chi connectivity index (χ0) is 15.1. The third-order valence-electron chi connectivity index (χ3n) is 3.52. The minimum Gasteiger partial charge on any atom is -0.258 e. The van der Waals surface area contributed by atoms with Crippen molar-refractivity contribution in [1.82, 2.24) is 4.98 Å². The Morgan fingerprint density at radius 1 is 1.05 bits per heavy atom. The van der Waals surface area contributed by atoms with Gasteiger partial charge in [-0.1, -0.05) is 32.3 Å². The molecule has 2 aromatic rings. The lowest BCUT2D eigenvalue weighted by molar-refractivity contribution is -0.384. The molecule has 4 nitrogen and oxygen atoms in total. The van der Waals surface area contributed by atoms with Crippen molar-refractivity contribution in [3.63, 3.8) is 0 Å². The first kappa shape index (κ1) is 15.2. The van der Waals surface area contributed by atoms with Crippen molar-refractivity contribution in [2.24, 2.45) is 0 Å². The number of rotatable bonds is 7. The van der Waals surface area contributed by atoms with E-state index in [-0.39, 0.29) is 5.69 Å². The SMILES string of the molecule is CCCCCCc1ccc(-c2ccc([N+](=O)[O-])cc2)nc1. The quantitative estimate of drug-likeness (QED) is 0.417. The largest absolute Gasteiger partial charge is 0.269 e. The van der Waals surface area contributed by atoms with Gasteiger partial charge in [0.05, 0.1) is 10.6 Å². The Balaban J connectivity index is 1.99. The van der Waals surface area contributed by atoms with Gasteiger partial charge in [-0.3, -0.25) is 15.1 Å². The Labute approximate surface area is 125 Å². The summed E-state index contributed by atoms with van der Waals surface area (Å²) >= 11 is 0. The smallest absolute Gasteiger partial charge is 0.258 e. The highest BCUT2D eigenvalue weighted by molar-refractivity contribution is 5.60. The normalized spacial score (nSPS) is 10.5. The lowest BCUT2D eigenvalue weighted by Gasteiger charge is -2.04. The van der Waals surface area contributed by atoms with Crippen molar-refractivity contribution < 1.29 is 4.92 Å². The lowest BCUT2D eigenvalue weighted by Crippen LogP contribution is -1.90. The molecule has 1 aromatic carbocycles. The molecular weight excluding hydrogens is 264 g/mol. The topological polar surface area (TPSA) is 56.0 Å². The Morgan fingerprint density at radius 2 is 1.81 bits per heavy atom. The molecule has 0 aliphatic rings. The first-order chi connectivity index (χ1) is 10.2. The maximum Gasteiger partial charge on any atom is 0.269 e. The molecule has 0 fully saturated rings. The van der Waals surface area contributed by atoms with E-state index in [9.17, 15) is 10.1 Å². The van der Waals surface area contributed by atoms with E-state index in [4.69, 9.17) is 0 Å². The Kier molecular flexibility index (Phi) is 5.43. The molecule has 4 heteroatoms. The lowest BCUT2D eigenvalue weighted by atomic mass is 10.1. The molecule has 0 saturated heterocycles. The fraction of sp³-hybridized carbons (Fsp3) is 0.353. The molecule has 0 N–H and O–H groups in total. The van der Waals surface area contributed by atoms with E-state index in [2.05, 4.69) is 18.0 Å². The van der Waals surface area contributed by atoms with Crippen molar-refractivity contribution in [2.75, 3.05) is 0 Å². The van der Waals surface area contributed by atoms with Crippen molar-refractivity contribution >= 4 is 5.69 Å². The Morgan fingerprint density at radius 3 is 2.38 bits per heavy atom. The van der Waals surface area contributed by atoms with Crippen LogP contribution in [0, 0.1) is 10.1 Å². The average molecular weight is 284 g/mol. The first-order valence-electron chi connectivity index (χ1n) is 7.40. The standard InChI is InChI=1S/C17H20N2O2/c1-2-3-4-5-6-14-7-12-17(18-13-14)15-8-10-16(11-9-15)19(20)21/h7-13H,2-6H2,1H3. The molecule has 2 rings (SSSR count). The molecule has 1 heterocycles. The van der Waals surface area contributed by atoms with Gasteiger partial charge in [0.2, 0.25) is 0 Å². The number of aryl methyl sites for hydroxylation is 1. The van der Waals surface area contributed by atoms with Gasteiger partial charge >= 0.3 is 0 Å². The number of nitrogens with zero attached hydrogens (tertiary/aromatic N) is 2. The van der Waals surface area contributed by atoms with Gasteiger partial charge in [0.15, 0.2) is 0 Å². The van der Waals surface area contributed by atoms with E-state index in [1.54, 1.807) is 12.1 Å². The van der Waals surface area contributed by atoms with Crippen LogP contribution >= 0.6 is 0 Å². The molecule has 0 amide bonds. The predicted octanol–water partition coefficient (Wildman–Crippen LogP) is 4.78. The summed E-state index contributed by atoms with van der Waals surface area (Å²) in [6.07, 6.45) is 7.97. The first-order valence-corrected chi connectivity index (χ1v) is 7.40. The van der Waals surface area contributed by atoms with Crippen LogP contribution in [0.25, 0.3) is 11.3 Å². The average Bonchev–Trinajstić information content (AvgIpc) is 2.52. The maximum absolute atomic E-state index is 10.6. The third-order valence-corrected chi connectivity index (χ3v) is 3.52. The van der Waals surface area contributed by atoms with E-state index in [1.807, 2.05) is 12.3 Å². The number of hydrogen-bond donors (Lipinski definition) is 0. The molecule has 0 saturated carbocycles. The highest BCUT2D eigenvalue weighted by Gasteiger charge is 2.06. The fourth-order valence-corrected chi connectivity index (χ4v) is 2.25. The van der Waals surface area contributed by atoms with Crippen LogP contribution in [-0.2, 0) is 6.42 Å². The summed E-state index contributed by atoms with van der Waals surface area (Å²) in [5.74, 6) is 0. The van der Waals surface area contributed by atoms with Crippen LogP contribution in [0.1, 0.15) is 38.2 Å². The summed E-state index contributed by atoms with van der Waals surface area (Å²) in [6, 6.07) is 10.6. The molecule has 0 aliphatic heterocycles. The van der Waals surface area contributed by atoms with Gasteiger partial charge in [-0.25, -0.2) is 0 Å². The van der Waals surface area contributed by atoms with Gasteiger partial charge in [0, 0.05) is 23.9 Å². The predicted molar refractivity (Wildman–Crippen MR) is 84.2 cm³/mol. The van der Waals surface area contributed by atoms with Gasteiger partial charge in [0.25, 0.3) is 5.69 Å². The summed E-state index contributed by atoms with van der Waals surface area (Å²) in [6.45, 7) is 2.21. The molecule has 0 atom stereocenters. The number of non-ortho nitro benzene ring substituents is 1. The van der Waals surface area contributed by atoms with Crippen LogP contribution in [-0.4, -0.2) is 9.91 Å². The number of nitro benzene ring substituents is 1. The summed E-state index contributed by atoms with van der Waals surface area (Å²) < 4.78 is 0. The van der Waals surface area contributed by atoms with E-state index in [0.29, 0.717) is 0 Å². The highest BCUT2D eigenvalue weighted by Crippen LogP contribution is 2.21. The van der Waals surface area contributed by atoms with Gasteiger partial charge in [-0.2, -0.15) is 0 Å². The molecule has 110 valence electrons. The Hall–Kier alpha value is -2.23. The molecule has 0 unspecified atom stereocenters. The van der Waals surface area contributed by atoms with Crippen molar-refractivity contribution in [1.29, 1.82) is 0 Å². The molecule has 0 aliphatic carbocycles. The molecule has 21 heavy (non-hydrogen) atoms. The summed E-state index contributed by atoms with van der Waals surface area (Å²) in [4.78, 5) is 14.7. The van der Waals surface area contributed by atoms with E-state index in [1.165, 1.54) is 43.4 Å². The zero-order valence-electron chi connectivity index (χ0n) is 12.3. The number of unbranched alkanes of at least 4 members (excludes halogenated alkanes) is 3. The monoisotopic (exact) mass is 284 g/mol. The second-order valence-corrected chi connectivity index (χ2v) is 5.17. The van der Waals surface area contributed by atoms with E-state index < -0.39 is 4.92 Å². The van der Waals surface area contributed by atoms with Gasteiger partial charge in [-0.15, -0.1) is 0 Å². The van der Waals surface area contributed by atoms with Gasteiger partial charge in [0.1, 0.15) is 0 Å². The number of benzene rings is 1. The molecule has 0 bridgehead atoms. The molecule has 0 spiro atoms. The van der Waals surface area contributed by atoms with Crippen molar-refractivity contribution in [3.8, 4) is 11.3 Å². The second kappa shape index (κ2) is 7.53. The van der Waals surface area contributed by atoms with Gasteiger partial charge in [-0.05, 0) is 36.6 Å².